The molecule has 0 atom stereocenters. The van der Waals surface area contributed by atoms with Gasteiger partial charge in [0, 0.05) is 29.0 Å². The highest BCUT2D eigenvalue weighted by atomic mass is 79.9. The molecule has 0 bridgehead atoms. The van der Waals surface area contributed by atoms with Crippen LogP contribution in [0.25, 0.3) is 0 Å². The first-order chi connectivity index (χ1) is 7.06. The predicted molar refractivity (Wildman–Crippen MR) is 69.9 cm³/mol. The van der Waals surface area contributed by atoms with Gasteiger partial charge in [0.15, 0.2) is 0 Å². The van der Waals surface area contributed by atoms with Crippen LogP contribution < -0.4 is 0 Å². The van der Waals surface area contributed by atoms with Crippen LogP contribution in [0.1, 0.15) is 10.4 Å². The lowest BCUT2D eigenvalue weighted by atomic mass is 10.2. The molecule has 82 valence electrons. The maximum atomic E-state index is 11.8. The maximum absolute atomic E-state index is 11.8. The smallest absolute Gasteiger partial charge is 0.253 e. The molecule has 0 aliphatic rings. The molecule has 1 aromatic rings. The first kappa shape index (κ1) is 13.0. The van der Waals surface area contributed by atoms with E-state index >= 15 is 0 Å². The minimum Gasteiger partial charge on any atom is -0.341 e. The molecule has 1 rings (SSSR count). The van der Waals surface area contributed by atoms with E-state index in [-0.39, 0.29) is 5.91 Å². The number of nitrogens with zero attached hydrogens (tertiary/aromatic N) is 1. The summed E-state index contributed by atoms with van der Waals surface area (Å²) in [6.45, 7) is 0.680. The molecule has 0 fully saturated rings. The van der Waals surface area contributed by atoms with Crippen LogP contribution in [0.3, 0.4) is 0 Å². The van der Waals surface area contributed by atoms with E-state index in [0.717, 1.165) is 9.80 Å². The predicted octanol–water partition coefficient (Wildman–Crippen LogP) is 3.57. The number of halogens is 3. The fourth-order valence-electron chi connectivity index (χ4n) is 1.08. The van der Waals surface area contributed by atoms with Crippen LogP contribution in [0, 0.1) is 0 Å². The third-order valence-corrected chi connectivity index (χ3v) is 3.50. The summed E-state index contributed by atoms with van der Waals surface area (Å²) in [5.41, 5.74) is 0.634. The minimum atomic E-state index is -0.00758. The minimum absolute atomic E-state index is 0.00758. The van der Waals surface area contributed by atoms with Crippen molar-refractivity contribution in [1.82, 2.24) is 4.90 Å². The SMILES string of the molecule is CN(CCBr)C(=O)c1ccc(Cl)c(Br)c1. The third-order valence-electron chi connectivity index (χ3n) is 1.93. The number of rotatable bonds is 3. The number of carbonyl (C=O) groups excluding carboxylic acids is 1. The lowest BCUT2D eigenvalue weighted by Crippen LogP contribution is -2.28. The van der Waals surface area contributed by atoms with Crippen LogP contribution in [0.2, 0.25) is 5.02 Å². The van der Waals surface area contributed by atoms with Gasteiger partial charge >= 0.3 is 0 Å². The molecule has 2 nitrogen and oxygen atoms in total. The van der Waals surface area contributed by atoms with Gasteiger partial charge in [-0.2, -0.15) is 0 Å². The summed E-state index contributed by atoms with van der Waals surface area (Å²) in [6.07, 6.45) is 0. The van der Waals surface area contributed by atoms with Gasteiger partial charge in [0.2, 0.25) is 0 Å². The lowest BCUT2D eigenvalue weighted by Gasteiger charge is -2.15. The molecule has 0 unspecified atom stereocenters. The summed E-state index contributed by atoms with van der Waals surface area (Å²) in [4.78, 5) is 13.5. The van der Waals surface area contributed by atoms with Crippen LogP contribution in [0.4, 0.5) is 0 Å². The number of alkyl halides is 1. The van der Waals surface area contributed by atoms with E-state index in [9.17, 15) is 4.79 Å². The van der Waals surface area contributed by atoms with Gasteiger partial charge in [-0.1, -0.05) is 27.5 Å². The first-order valence-corrected chi connectivity index (χ1v) is 6.62. The zero-order valence-electron chi connectivity index (χ0n) is 8.14. The van der Waals surface area contributed by atoms with Crippen molar-refractivity contribution in [1.29, 1.82) is 0 Å². The molecule has 0 N–H and O–H groups in total. The molecular formula is C10H10Br2ClNO. The second kappa shape index (κ2) is 5.87. The van der Waals surface area contributed by atoms with Crippen molar-refractivity contribution < 1.29 is 4.79 Å². The van der Waals surface area contributed by atoms with Crippen molar-refractivity contribution in [3.8, 4) is 0 Å². The van der Waals surface area contributed by atoms with E-state index in [2.05, 4.69) is 31.9 Å². The Morgan fingerprint density at radius 2 is 2.20 bits per heavy atom. The molecule has 15 heavy (non-hydrogen) atoms. The summed E-state index contributed by atoms with van der Waals surface area (Å²) >= 11 is 12.4. The third kappa shape index (κ3) is 3.47. The van der Waals surface area contributed by atoms with E-state index in [4.69, 9.17) is 11.6 Å². The normalized spacial score (nSPS) is 10.1. The second-order valence-electron chi connectivity index (χ2n) is 3.04. The zero-order chi connectivity index (χ0) is 11.4. The molecule has 0 spiro atoms. The molecule has 0 saturated carbocycles. The molecule has 0 heterocycles. The van der Waals surface area contributed by atoms with Gasteiger partial charge < -0.3 is 4.90 Å². The molecule has 0 radical (unpaired) electrons. The van der Waals surface area contributed by atoms with Gasteiger partial charge in [-0.05, 0) is 34.1 Å². The molecule has 5 heteroatoms. The van der Waals surface area contributed by atoms with Crippen molar-refractivity contribution in [3.05, 3.63) is 33.3 Å². The highest BCUT2D eigenvalue weighted by Crippen LogP contribution is 2.23. The summed E-state index contributed by atoms with van der Waals surface area (Å²) < 4.78 is 0.738. The van der Waals surface area contributed by atoms with Gasteiger partial charge in [0.25, 0.3) is 5.91 Å². The van der Waals surface area contributed by atoms with E-state index < -0.39 is 0 Å². The van der Waals surface area contributed by atoms with Gasteiger partial charge in [-0.15, -0.1) is 0 Å². The quantitative estimate of drug-likeness (QED) is 0.759. The number of hydrogen-bond acceptors (Lipinski definition) is 1. The molecule has 1 aromatic carbocycles. The van der Waals surface area contributed by atoms with Crippen LogP contribution >= 0.6 is 43.5 Å². The van der Waals surface area contributed by atoms with E-state index in [1.807, 2.05) is 0 Å². The van der Waals surface area contributed by atoms with E-state index in [0.29, 0.717) is 17.1 Å². The summed E-state index contributed by atoms with van der Waals surface area (Å²) in [5, 5.41) is 1.37. The van der Waals surface area contributed by atoms with Gasteiger partial charge in [0.05, 0.1) is 5.02 Å². The topological polar surface area (TPSA) is 20.3 Å². The van der Waals surface area contributed by atoms with Crippen LogP contribution in [-0.2, 0) is 0 Å². The van der Waals surface area contributed by atoms with Crippen LogP contribution in [-0.4, -0.2) is 29.7 Å². The molecular weight excluding hydrogens is 345 g/mol. The standard InChI is InChI=1S/C10H10Br2ClNO/c1-14(5-4-11)10(15)7-2-3-9(13)8(12)6-7/h2-3,6H,4-5H2,1H3. The first-order valence-electron chi connectivity index (χ1n) is 4.32. The Labute approximate surface area is 111 Å². The fraction of sp³-hybridized carbons (Fsp3) is 0.300. The Bertz CT molecular complexity index is 370. The average molecular weight is 355 g/mol. The second-order valence-corrected chi connectivity index (χ2v) is 5.10. The van der Waals surface area contributed by atoms with Crippen molar-refractivity contribution in [2.24, 2.45) is 0 Å². The maximum Gasteiger partial charge on any atom is 0.253 e. The van der Waals surface area contributed by atoms with E-state index in [1.54, 1.807) is 30.1 Å². The Hall–Kier alpha value is -0.0600. The summed E-state index contributed by atoms with van der Waals surface area (Å²) in [7, 11) is 1.77. The van der Waals surface area contributed by atoms with Crippen molar-refractivity contribution in [2.75, 3.05) is 18.9 Å². The van der Waals surface area contributed by atoms with Crippen LogP contribution in [0.15, 0.2) is 22.7 Å². The van der Waals surface area contributed by atoms with Gasteiger partial charge in [-0.25, -0.2) is 0 Å². The number of amides is 1. The highest BCUT2D eigenvalue weighted by Gasteiger charge is 2.11. The Morgan fingerprint density at radius 3 is 2.73 bits per heavy atom. The number of hydrogen-bond donors (Lipinski definition) is 0. The summed E-state index contributed by atoms with van der Waals surface area (Å²) in [5.74, 6) is -0.00758. The Kier molecular flexibility index (Phi) is 5.09. The van der Waals surface area contributed by atoms with Gasteiger partial charge in [0.1, 0.15) is 0 Å². The highest BCUT2D eigenvalue weighted by molar-refractivity contribution is 9.10. The number of carbonyl (C=O) groups is 1. The van der Waals surface area contributed by atoms with Crippen molar-refractivity contribution in [3.63, 3.8) is 0 Å². The van der Waals surface area contributed by atoms with Gasteiger partial charge in [-0.3, -0.25) is 4.79 Å². The van der Waals surface area contributed by atoms with Crippen molar-refractivity contribution >= 4 is 49.4 Å². The molecule has 0 aromatic heterocycles. The fourth-order valence-corrected chi connectivity index (χ4v) is 2.11. The zero-order valence-corrected chi connectivity index (χ0v) is 12.1. The molecule has 1 amide bonds. The Balaban J connectivity index is 2.87. The summed E-state index contributed by atoms with van der Waals surface area (Å²) in [6, 6.07) is 5.16. The lowest BCUT2D eigenvalue weighted by molar-refractivity contribution is 0.0804. The molecule has 0 saturated heterocycles. The average Bonchev–Trinajstić information content (AvgIpc) is 2.21. The molecule has 0 aliphatic carbocycles. The van der Waals surface area contributed by atoms with E-state index in [1.165, 1.54) is 0 Å². The largest absolute Gasteiger partial charge is 0.341 e. The number of benzene rings is 1. The Morgan fingerprint density at radius 1 is 1.53 bits per heavy atom. The van der Waals surface area contributed by atoms with Crippen molar-refractivity contribution in [2.45, 2.75) is 0 Å². The molecule has 0 aliphatic heterocycles. The van der Waals surface area contributed by atoms with Crippen LogP contribution in [0.5, 0.6) is 0 Å². The monoisotopic (exact) mass is 353 g/mol.